The van der Waals surface area contributed by atoms with Crippen molar-refractivity contribution in [3.63, 3.8) is 0 Å². The van der Waals surface area contributed by atoms with Gasteiger partial charge in [-0.1, -0.05) is 32.5 Å². The molecule has 5 nitrogen and oxygen atoms in total. The Morgan fingerprint density at radius 3 is 1.64 bits per heavy atom. The molecule has 7 heteroatoms. The summed E-state index contributed by atoms with van der Waals surface area (Å²) >= 11 is 1.26. The number of hydrogen-bond acceptors (Lipinski definition) is 6. The molecule has 0 fully saturated rings. The van der Waals surface area contributed by atoms with Crippen LogP contribution in [0.3, 0.4) is 0 Å². The topological polar surface area (TPSA) is 42.0 Å². The Morgan fingerprint density at radius 2 is 1.29 bits per heavy atom. The van der Waals surface area contributed by atoms with Crippen LogP contribution in [0.15, 0.2) is 0 Å². The summed E-state index contributed by atoms with van der Waals surface area (Å²) in [4.78, 5) is 11.9. The highest BCUT2D eigenvalue weighted by atomic mass is 32.2. The van der Waals surface area contributed by atoms with Crippen LogP contribution in [0.4, 0.5) is 0 Å². The molecule has 0 aliphatic carbocycles. The molecule has 0 aromatic heterocycles. The van der Waals surface area contributed by atoms with E-state index in [0.29, 0.717) is 43.3 Å². The molecule has 28 heavy (non-hydrogen) atoms. The first kappa shape index (κ1) is 28.3. The fourth-order valence-corrected chi connectivity index (χ4v) is 6.03. The van der Waals surface area contributed by atoms with Crippen molar-refractivity contribution in [3.8, 4) is 0 Å². The molecule has 0 aromatic rings. The van der Waals surface area contributed by atoms with Crippen molar-refractivity contribution in [2.75, 3.05) is 19.2 Å². The first-order valence-electron chi connectivity index (χ1n) is 10.5. The van der Waals surface area contributed by atoms with Gasteiger partial charge >= 0.3 is 0 Å². The molecule has 0 spiro atoms. The Morgan fingerprint density at radius 1 is 0.857 bits per heavy atom. The summed E-state index contributed by atoms with van der Waals surface area (Å²) in [6.45, 7) is 25.0. The molecule has 0 rings (SSSR count). The van der Waals surface area contributed by atoms with Crippen LogP contribution in [-0.2, 0) is 14.1 Å². The van der Waals surface area contributed by atoms with Gasteiger partial charge < -0.3 is 9.26 Å². The van der Waals surface area contributed by atoms with Gasteiger partial charge in [-0.25, -0.2) is 9.34 Å². The van der Waals surface area contributed by atoms with Crippen LogP contribution in [0.5, 0.6) is 0 Å². The number of rotatable bonds is 13. The third kappa shape index (κ3) is 10.4. The molecule has 0 radical (unpaired) electrons. The lowest BCUT2D eigenvalue weighted by atomic mass is 10.00. The van der Waals surface area contributed by atoms with Crippen molar-refractivity contribution in [1.82, 2.24) is 9.34 Å². The third-order valence-electron chi connectivity index (χ3n) is 4.04. The Balaban J connectivity index is 4.68. The van der Waals surface area contributed by atoms with Gasteiger partial charge in [-0.05, 0) is 61.8 Å². The molecule has 0 atom stereocenters. The van der Waals surface area contributed by atoms with Crippen molar-refractivity contribution >= 4 is 25.3 Å². The predicted molar refractivity (Wildman–Crippen MR) is 125 cm³/mol. The van der Waals surface area contributed by atoms with E-state index in [9.17, 15) is 4.79 Å². The van der Waals surface area contributed by atoms with Gasteiger partial charge in [-0.15, -0.1) is 0 Å². The quantitative estimate of drug-likeness (QED) is 0.196. The summed E-state index contributed by atoms with van der Waals surface area (Å²) in [7, 11) is -0.844. The fourth-order valence-electron chi connectivity index (χ4n) is 2.91. The van der Waals surface area contributed by atoms with E-state index in [2.05, 4.69) is 64.7 Å². The maximum absolute atomic E-state index is 11.9. The highest BCUT2D eigenvalue weighted by molar-refractivity contribution is 8.13. The van der Waals surface area contributed by atoms with Gasteiger partial charge in [-0.2, -0.15) is 0 Å². The van der Waals surface area contributed by atoms with E-state index in [0.717, 1.165) is 6.42 Å². The maximum atomic E-state index is 11.9. The average molecular weight is 437 g/mol. The SMILES string of the molecule is CC(C)N(C(C)C)P(OCCCOCSC(=O)C(C)(C)C)N(C(C)C)C(C)C. The molecule has 168 valence electrons. The summed E-state index contributed by atoms with van der Waals surface area (Å²) in [6.07, 6.45) is 0.831. The second-order valence-electron chi connectivity index (χ2n) is 9.28. The Kier molecular flexibility index (Phi) is 13.7. The van der Waals surface area contributed by atoms with Gasteiger partial charge in [0.25, 0.3) is 0 Å². The summed E-state index contributed by atoms with van der Waals surface area (Å²) < 4.78 is 17.1. The minimum absolute atomic E-state index is 0.168. The van der Waals surface area contributed by atoms with E-state index >= 15 is 0 Å². The van der Waals surface area contributed by atoms with Crippen molar-refractivity contribution in [2.45, 2.75) is 107 Å². The van der Waals surface area contributed by atoms with E-state index in [-0.39, 0.29) is 10.5 Å². The summed E-state index contributed by atoms with van der Waals surface area (Å²) in [6, 6.07) is 1.67. The van der Waals surface area contributed by atoms with Gasteiger partial charge in [0.05, 0.1) is 12.5 Å². The normalized spacial score (nSPS) is 13.4. The lowest BCUT2D eigenvalue weighted by Gasteiger charge is -2.45. The monoisotopic (exact) mass is 436 g/mol. The lowest BCUT2D eigenvalue weighted by Crippen LogP contribution is -2.43. The number of thioether (sulfide) groups is 1. The standard InChI is InChI=1S/C21H45N2O3PS/c1-16(2)22(17(3)4)27(23(18(5)6)19(7)8)26-14-12-13-25-15-28-20(24)21(9,10)11/h16-19H,12-15H2,1-11H3. The Labute approximate surface area is 180 Å². The number of hydrogen-bond donors (Lipinski definition) is 0. The molecule has 0 saturated carbocycles. The Bertz CT molecular complexity index is 404. The molecule has 0 saturated heterocycles. The van der Waals surface area contributed by atoms with Crippen molar-refractivity contribution in [1.29, 1.82) is 0 Å². The van der Waals surface area contributed by atoms with Crippen LogP contribution in [0.25, 0.3) is 0 Å². The molecular weight excluding hydrogens is 391 g/mol. The highest BCUT2D eigenvalue weighted by Gasteiger charge is 2.34. The summed E-state index contributed by atoms with van der Waals surface area (Å²) in [5.41, 5.74) is -0.318. The Hall–Kier alpha value is 0.290. The summed E-state index contributed by atoms with van der Waals surface area (Å²) in [5.74, 6) is 0.416. The largest absolute Gasteiger partial charge is 0.370 e. The molecule has 0 bridgehead atoms. The van der Waals surface area contributed by atoms with E-state index in [1.165, 1.54) is 11.8 Å². The van der Waals surface area contributed by atoms with Gasteiger partial charge in [0.15, 0.2) is 13.6 Å². The minimum atomic E-state index is -0.844. The second-order valence-corrected chi connectivity index (χ2v) is 11.9. The lowest BCUT2D eigenvalue weighted by molar-refractivity contribution is -0.117. The van der Waals surface area contributed by atoms with Crippen molar-refractivity contribution < 1.29 is 14.1 Å². The molecule has 0 unspecified atom stereocenters. The summed E-state index contributed by atoms with van der Waals surface area (Å²) in [5, 5.41) is 0.168. The first-order valence-corrected chi connectivity index (χ1v) is 12.7. The van der Waals surface area contributed by atoms with Gasteiger partial charge in [0, 0.05) is 36.2 Å². The van der Waals surface area contributed by atoms with Gasteiger partial charge in [0.1, 0.15) is 0 Å². The van der Waals surface area contributed by atoms with E-state index in [4.69, 9.17) is 9.26 Å². The second kappa shape index (κ2) is 13.6. The van der Waals surface area contributed by atoms with Crippen LogP contribution >= 0.6 is 20.2 Å². The fraction of sp³-hybridized carbons (Fsp3) is 0.952. The maximum Gasteiger partial charge on any atom is 0.196 e. The molecule has 0 aromatic carbocycles. The molecule has 0 aliphatic heterocycles. The molecular formula is C21H45N2O3PS. The zero-order valence-corrected chi connectivity index (χ0v) is 21.8. The zero-order chi connectivity index (χ0) is 22.1. The van der Waals surface area contributed by atoms with E-state index in [1.807, 2.05) is 20.8 Å². The molecule has 0 N–H and O–H groups in total. The number of ether oxygens (including phenoxy) is 1. The minimum Gasteiger partial charge on any atom is -0.370 e. The number of carbonyl (C=O) groups excluding carboxylic acids is 1. The average Bonchev–Trinajstić information content (AvgIpc) is 2.50. The van der Waals surface area contributed by atoms with Crippen molar-refractivity contribution in [3.05, 3.63) is 0 Å². The van der Waals surface area contributed by atoms with Gasteiger partial charge in [-0.3, -0.25) is 4.79 Å². The van der Waals surface area contributed by atoms with Gasteiger partial charge in [0.2, 0.25) is 0 Å². The van der Waals surface area contributed by atoms with Crippen LogP contribution in [0.1, 0.15) is 82.6 Å². The van der Waals surface area contributed by atoms with Crippen LogP contribution < -0.4 is 0 Å². The highest BCUT2D eigenvalue weighted by Crippen LogP contribution is 2.50. The predicted octanol–water partition coefficient (Wildman–Crippen LogP) is 6.14. The number of carbonyl (C=O) groups is 1. The third-order valence-corrected chi connectivity index (χ3v) is 8.25. The smallest absolute Gasteiger partial charge is 0.196 e. The van der Waals surface area contributed by atoms with E-state index in [1.54, 1.807) is 0 Å². The first-order chi connectivity index (χ1) is 12.8. The van der Waals surface area contributed by atoms with Crippen LogP contribution in [0, 0.1) is 5.41 Å². The molecule has 0 aliphatic rings. The van der Waals surface area contributed by atoms with Crippen LogP contribution in [0.2, 0.25) is 0 Å². The van der Waals surface area contributed by atoms with Crippen LogP contribution in [-0.4, -0.2) is 57.8 Å². The van der Waals surface area contributed by atoms with Crippen molar-refractivity contribution in [2.24, 2.45) is 5.41 Å². The number of nitrogens with zero attached hydrogens (tertiary/aromatic N) is 2. The molecule has 0 amide bonds. The van der Waals surface area contributed by atoms with E-state index < -0.39 is 8.45 Å². The zero-order valence-electron chi connectivity index (χ0n) is 20.1. The molecule has 0 heterocycles.